The van der Waals surface area contributed by atoms with Crippen LogP contribution in [-0.2, 0) is 14.8 Å². The summed E-state index contributed by atoms with van der Waals surface area (Å²) in [7, 11) is -1.87. The van der Waals surface area contributed by atoms with E-state index in [1.165, 1.54) is 11.3 Å². The molecule has 0 saturated heterocycles. The van der Waals surface area contributed by atoms with Crippen molar-refractivity contribution in [2.75, 3.05) is 13.7 Å². The van der Waals surface area contributed by atoms with E-state index in [9.17, 15) is 8.42 Å². The first-order valence-electron chi connectivity index (χ1n) is 4.57. The maximum Gasteiger partial charge on any atom is 0.250 e. The molecule has 0 amide bonds. The lowest BCUT2D eigenvalue weighted by Crippen LogP contribution is -2.39. The lowest BCUT2D eigenvalue weighted by molar-refractivity contribution is 0.0276. The van der Waals surface area contributed by atoms with E-state index in [2.05, 4.69) is 20.7 Å². The van der Waals surface area contributed by atoms with Crippen molar-refractivity contribution in [3.05, 3.63) is 15.9 Å². The number of sulfonamides is 1. The summed E-state index contributed by atoms with van der Waals surface area (Å²) in [5, 5.41) is 0. The Balaban J connectivity index is 2.74. The lowest BCUT2D eigenvalue weighted by Gasteiger charge is -2.22. The first-order chi connectivity index (χ1) is 7.27. The molecular formula is C9H14BrNO3S2. The molecule has 7 heteroatoms. The molecule has 0 aliphatic heterocycles. The molecule has 1 heterocycles. The molecular weight excluding hydrogens is 314 g/mol. The van der Waals surface area contributed by atoms with E-state index < -0.39 is 15.6 Å². The van der Waals surface area contributed by atoms with E-state index in [-0.39, 0.29) is 6.54 Å². The summed E-state index contributed by atoms with van der Waals surface area (Å²) < 4.78 is 32.4. The van der Waals surface area contributed by atoms with Crippen LogP contribution in [0.25, 0.3) is 0 Å². The molecule has 1 N–H and O–H groups in total. The van der Waals surface area contributed by atoms with Gasteiger partial charge in [-0.15, -0.1) is 11.3 Å². The molecule has 0 aliphatic rings. The summed E-state index contributed by atoms with van der Waals surface area (Å²) in [6, 6.07) is 3.28. The molecule has 0 bridgehead atoms. The summed E-state index contributed by atoms with van der Waals surface area (Å²) in [6.07, 6.45) is 0. The number of hydrogen-bond acceptors (Lipinski definition) is 4. The van der Waals surface area contributed by atoms with Gasteiger partial charge in [-0.1, -0.05) is 0 Å². The van der Waals surface area contributed by atoms with Gasteiger partial charge in [0, 0.05) is 13.7 Å². The Kier molecular flexibility index (Phi) is 4.53. The highest BCUT2D eigenvalue weighted by Gasteiger charge is 2.22. The lowest BCUT2D eigenvalue weighted by atomic mass is 10.1. The fourth-order valence-electron chi connectivity index (χ4n) is 0.854. The molecule has 0 atom stereocenters. The molecule has 0 spiro atoms. The molecule has 0 saturated carbocycles. The van der Waals surface area contributed by atoms with Crippen molar-refractivity contribution in [2.45, 2.75) is 23.7 Å². The number of rotatable bonds is 5. The van der Waals surface area contributed by atoms with Crippen molar-refractivity contribution in [2.24, 2.45) is 0 Å². The molecule has 0 unspecified atom stereocenters. The minimum absolute atomic E-state index is 0.237. The third-order valence-electron chi connectivity index (χ3n) is 2.05. The van der Waals surface area contributed by atoms with Crippen LogP contribution < -0.4 is 4.72 Å². The molecule has 0 aliphatic carbocycles. The van der Waals surface area contributed by atoms with E-state index in [1.54, 1.807) is 19.2 Å². The zero-order chi connectivity index (χ0) is 12.4. The van der Waals surface area contributed by atoms with E-state index in [0.29, 0.717) is 4.21 Å². The normalized spacial score (nSPS) is 13.0. The molecule has 0 aromatic carbocycles. The Morgan fingerprint density at radius 1 is 1.50 bits per heavy atom. The Labute approximate surface area is 108 Å². The predicted octanol–water partition coefficient (Wildman–Crippen LogP) is 2.21. The van der Waals surface area contributed by atoms with E-state index in [1.807, 2.05) is 13.8 Å². The smallest absolute Gasteiger partial charge is 0.250 e. The van der Waals surface area contributed by atoms with Crippen molar-refractivity contribution >= 4 is 37.3 Å². The minimum atomic E-state index is -3.42. The maximum absolute atomic E-state index is 11.8. The Morgan fingerprint density at radius 3 is 2.56 bits per heavy atom. The maximum atomic E-state index is 11.8. The molecule has 0 radical (unpaired) electrons. The Hall–Kier alpha value is 0.0500. The number of methoxy groups -OCH3 is 1. The number of nitrogens with one attached hydrogen (secondary N) is 1. The second-order valence-electron chi connectivity index (χ2n) is 3.85. The minimum Gasteiger partial charge on any atom is -0.377 e. The van der Waals surface area contributed by atoms with Crippen LogP contribution in [0.2, 0.25) is 0 Å². The molecule has 1 aromatic rings. The molecule has 1 aromatic heterocycles. The molecule has 4 nitrogen and oxygen atoms in total. The zero-order valence-electron chi connectivity index (χ0n) is 9.28. The number of thiophene rings is 1. The Bertz CT molecular complexity index is 453. The van der Waals surface area contributed by atoms with E-state index in [0.717, 1.165) is 3.79 Å². The number of halogens is 1. The van der Waals surface area contributed by atoms with Crippen LogP contribution >= 0.6 is 27.3 Å². The van der Waals surface area contributed by atoms with Gasteiger partial charge < -0.3 is 4.74 Å². The third-order valence-corrected chi connectivity index (χ3v) is 5.57. The van der Waals surface area contributed by atoms with Crippen molar-refractivity contribution < 1.29 is 13.2 Å². The highest BCUT2D eigenvalue weighted by atomic mass is 79.9. The summed E-state index contributed by atoms with van der Waals surface area (Å²) in [6.45, 7) is 3.88. The van der Waals surface area contributed by atoms with Crippen LogP contribution in [0, 0.1) is 0 Å². The van der Waals surface area contributed by atoms with Crippen LogP contribution in [0.4, 0.5) is 0 Å². The topological polar surface area (TPSA) is 55.4 Å². The van der Waals surface area contributed by atoms with Gasteiger partial charge in [0.1, 0.15) is 4.21 Å². The van der Waals surface area contributed by atoms with Gasteiger partial charge in [-0.3, -0.25) is 0 Å². The highest BCUT2D eigenvalue weighted by molar-refractivity contribution is 9.11. The van der Waals surface area contributed by atoms with Gasteiger partial charge in [0.25, 0.3) is 0 Å². The van der Waals surface area contributed by atoms with Crippen LogP contribution in [0.3, 0.4) is 0 Å². The van der Waals surface area contributed by atoms with Crippen LogP contribution in [-0.4, -0.2) is 27.7 Å². The molecule has 0 fully saturated rings. The SMILES string of the molecule is COC(C)(C)CNS(=O)(=O)c1ccc(Br)s1. The van der Waals surface area contributed by atoms with Crippen molar-refractivity contribution in [3.8, 4) is 0 Å². The van der Waals surface area contributed by atoms with E-state index >= 15 is 0 Å². The second-order valence-corrected chi connectivity index (χ2v) is 8.30. The second kappa shape index (κ2) is 5.14. The van der Waals surface area contributed by atoms with Gasteiger partial charge >= 0.3 is 0 Å². The summed E-state index contributed by atoms with van der Waals surface area (Å²) in [4.78, 5) is 0. The summed E-state index contributed by atoms with van der Waals surface area (Å²) in [5.41, 5.74) is -0.512. The van der Waals surface area contributed by atoms with Gasteiger partial charge in [0.15, 0.2) is 0 Å². The van der Waals surface area contributed by atoms with Crippen LogP contribution in [0.5, 0.6) is 0 Å². The quantitative estimate of drug-likeness (QED) is 0.902. The third kappa shape index (κ3) is 3.81. The van der Waals surface area contributed by atoms with Gasteiger partial charge in [-0.2, -0.15) is 0 Å². The monoisotopic (exact) mass is 327 g/mol. The average molecular weight is 328 g/mol. The molecule has 16 heavy (non-hydrogen) atoms. The Morgan fingerprint density at radius 2 is 2.12 bits per heavy atom. The van der Waals surface area contributed by atoms with Crippen molar-refractivity contribution in [3.63, 3.8) is 0 Å². The van der Waals surface area contributed by atoms with Crippen molar-refractivity contribution in [1.29, 1.82) is 0 Å². The summed E-state index contributed by atoms with van der Waals surface area (Å²) >= 11 is 4.41. The zero-order valence-corrected chi connectivity index (χ0v) is 12.5. The fourth-order valence-corrected chi connectivity index (χ4v) is 4.11. The number of hydrogen-bond donors (Lipinski definition) is 1. The van der Waals surface area contributed by atoms with Gasteiger partial charge in [-0.05, 0) is 41.9 Å². The van der Waals surface area contributed by atoms with Crippen LogP contribution in [0.1, 0.15) is 13.8 Å². The van der Waals surface area contributed by atoms with Crippen molar-refractivity contribution in [1.82, 2.24) is 4.72 Å². The number of ether oxygens (including phenoxy) is 1. The first kappa shape index (κ1) is 14.1. The predicted molar refractivity (Wildman–Crippen MR) is 68.3 cm³/mol. The van der Waals surface area contributed by atoms with Gasteiger partial charge in [0.2, 0.25) is 10.0 Å². The van der Waals surface area contributed by atoms with Gasteiger partial charge in [-0.25, -0.2) is 13.1 Å². The molecule has 1 rings (SSSR count). The average Bonchev–Trinajstić information content (AvgIpc) is 2.63. The highest BCUT2D eigenvalue weighted by Crippen LogP contribution is 2.25. The summed E-state index contributed by atoms with van der Waals surface area (Å²) in [5.74, 6) is 0. The van der Waals surface area contributed by atoms with Gasteiger partial charge in [0.05, 0.1) is 9.39 Å². The first-order valence-corrected chi connectivity index (χ1v) is 7.66. The van der Waals surface area contributed by atoms with E-state index in [4.69, 9.17) is 4.74 Å². The largest absolute Gasteiger partial charge is 0.377 e. The van der Waals surface area contributed by atoms with Crippen LogP contribution in [0.15, 0.2) is 20.1 Å². The molecule has 92 valence electrons. The fraction of sp³-hybridized carbons (Fsp3) is 0.556. The standard InChI is InChI=1S/C9H14BrNO3S2/c1-9(2,14-3)6-11-16(12,13)8-5-4-7(10)15-8/h4-5,11H,6H2,1-3H3.